The molecule has 0 fully saturated rings. The lowest BCUT2D eigenvalue weighted by molar-refractivity contribution is 0.742. The monoisotopic (exact) mass is 293 g/mol. The average Bonchev–Trinajstić information content (AvgIpc) is 2.96. The largest absolute Gasteiger partial charge is 0.368 e. The highest BCUT2D eigenvalue weighted by Gasteiger charge is 2.05. The van der Waals surface area contributed by atoms with Crippen molar-refractivity contribution in [1.29, 1.82) is 0 Å². The molecule has 2 rings (SSSR count). The van der Waals surface area contributed by atoms with Crippen molar-refractivity contribution in [3.8, 4) is 5.95 Å². The third-order valence-corrected chi connectivity index (χ3v) is 3.36. The van der Waals surface area contributed by atoms with Crippen molar-refractivity contribution in [2.45, 2.75) is 19.3 Å². The minimum atomic E-state index is 0.190. The average molecular weight is 293 g/mol. The zero-order valence-electron chi connectivity index (χ0n) is 11.5. The Morgan fingerprint density at radius 3 is 2.90 bits per heavy atom. The minimum absolute atomic E-state index is 0.190. The predicted molar refractivity (Wildman–Crippen MR) is 82.1 cm³/mol. The van der Waals surface area contributed by atoms with Gasteiger partial charge >= 0.3 is 0 Å². The Kier molecular flexibility index (Phi) is 5.60. The molecule has 108 valence electrons. The second-order valence-electron chi connectivity index (χ2n) is 4.25. The van der Waals surface area contributed by atoms with E-state index in [9.17, 15) is 0 Å². The summed E-state index contributed by atoms with van der Waals surface area (Å²) in [5.74, 6) is 2.32. The van der Waals surface area contributed by atoms with Gasteiger partial charge in [0.1, 0.15) is 0 Å². The molecular weight excluding hydrogens is 274 g/mol. The van der Waals surface area contributed by atoms with Crippen LogP contribution in [0.3, 0.4) is 0 Å². The highest BCUT2D eigenvalue weighted by Crippen LogP contribution is 2.07. The maximum absolute atomic E-state index is 5.69. The molecule has 0 amide bonds. The predicted octanol–water partition coefficient (Wildman–Crippen LogP) is 1.58. The summed E-state index contributed by atoms with van der Waals surface area (Å²) >= 11 is 1.88. The fraction of sp³-hybridized carbons (Fsp3) is 0.500. The summed E-state index contributed by atoms with van der Waals surface area (Å²) < 4.78 is 1.56. The third-order valence-electron chi connectivity index (χ3n) is 2.66. The summed E-state index contributed by atoms with van der Waals surface area (Å²) in [7, 11) is 0. The molecule has 0 spiro atoms. The maximum Gasteiger partial charge on any atom is 0.257 e. The molecule has 0 atom stereocenters. The van der Waals surface area contributed by atoms with Crippen LogP contribution in [0.4, 0.5) is 11.9 Å². The van der Waals surface area contributed by atoms with Crippen molar-refractivity contribution >= 4 is 23.7 Å². The van der Waals surface area contributed by atoms with Crippen LogP contribution in [-0.2, 0) is 0 Å². The summed E-state index contributed by atoms with van der Waals surface area (Å²) in [6.45, 7) is 0.830. The van der Waals surface area contributed by atoms with Crippen molar-refractivity contribution in [2.24, 2.45) is 0 Å². The standard InChI is InChI=1S/C12H19N7S/c1-20-9-4-2-3-6-14-11-16-10(13)17-12(18-11)19-8-5-7-15-19/h5,7-8H,2-4,6,9H2,1H3,(H3,13,14,16,17,18). The molecule has 0 bridgehead atoms. The van der Waals surface area contributed by atoms with Gasteiger partial charge in [0.25, 0.3) is 5.95 Å². The molecule has 0 radical (unpaired) electrons. The summed E-state index contributed by atoms with van der Waals surface area (Å²) in [5, 5.41) is 7.25. The zero-order valence-corrected chi connectivity index (χ0v) is 12.3. The van der Waals surface area contributed by atoms with Gasteiger partial charge in [0.05, 0.1) is 0 Å². The van der Waals surface area contributed by atoms with E-state index >= 15 is 0 Å². The van der Waals surface area contributed by atoms with E-state index in [1.54, 1.807) is 23.1 Å². The van der Waals surface area contributed by atoms with Crippen molar-refractivity contribution in [1.82, 2.24) is 24.7 Å². The Balaban J connectivity index is 1.88. The molecule has 0 saturated carbocycles. The number of rotatable bonds is 8. The van der Waals surface area contributed by atoms with Gasteiger partial charge in [-0.1, -0.05) is 6.42 Å². The number of unbranched alkanes of at least 4 members (excludes halogenated alkanes) is 2. The number of nitrogens with zero attached hydrogens (tertiary/aromatic N) is 5. The van der Waals surface area contributed by atoms with Gasteiger partial charge in [-0.15, -0.1) is 0 Å². The summed E-state index contributed by atoms with van der Waals surface area (Å²) in [4.78, 5) is 12.4. The Labute approximate surface area is 122 Å². The smallest absolute Gasteiger partial charge is 0.257 e. The van der Waals surface area contributed by atoms with E-state index in [4.69, 9.17) is 5.73 Å². The summed E-state index contributed by atoms with van der Waals surface area (Å²) in [6.07, 6.45) is 9.08. The van der Waals surface area contributed by atoms with Gasteiger partial charge in [-0.05, 0) is 30.9 Å². The number of nitrogen functional groups attached to an aromatic ring is 1. The molecule has 3 N–H and O–H groups in total. The topological polar surface area (TPSA) is 94.5 Å². The zero-order chi connectivity index (χ0) is 14.2. The highest BCUT2D eigenvalue weighted by molar-refractivity contribution is 7.98. The van der Waals surface area contributed by atoms with Gasteiger partial charge in [0.15, 0.2) is 0 Å². The lowest BCUT2D eigenvalue weighted by Crippen LogP contribution is -2.12. The Hall–Kier alpha value is -1.83. The molecule has 2 aromatic rings. The first-order valence-electron chi connectivity index (χ1n) is 6.54. The van der Waals surface area contributed by atoms with Gasteiger partial charge in [-0.3, -0.25) is 0 Å². The molecule has 7 nitrogen and oxygen atoms in total. The third kappa shape index (κ3) is 4.37. The van der Waals surface area contributed by atoms with E-state index < -0.39 is 0 Å². The lowest BCUT2D eigenvalue weighted by atomic mass is 10.2. The number of nitrogens with two attached hydrogens (primary N) is 1. The molecule has 20 heavy (non-hydrogen) atoms. The quantitative estimate of drug-likeness (QED) is 0.713. The number of nitrogens with one attached hydrogen (secondary N) is 1. The molecule has 2 aromatic heterocycles. The fourth-order valence-corrected chi connectivity index (χ4v) is 2.19. The van der Waals surface area contributed by atoms with Crippen LogP contribution in [0.25, 0.3) is 5.95 Å². The molecule has 0 aliphatic carbocycles. The van der Waals surface area contributed by atoms with Crippen LogP contribution in [0, 0.1) is 0 Å². The molecule has 0 unspecified atom stereocenters. The van der Waals surface area contributed by atoms with Gasteiger partial charge in [0.2, 0.25) is 11.9 Å². The molecule has 8 heteroatoms. The Morgan fingerprint density at radius 2 is 2.15 bits per heavy atom. The van der Waals surface area contributed by atoms with E-state index in [1.807, 2.05) is 11.8 Å². The number of thioether (sulfide) groups is 1. The Morgan fingerprint density at radius 1 is 1.25 bits per heavy atom. The first kappa shape index (κ1) is 14.6. The first-order valence-corrected chi connectivity index (χ1v) is 7.93. The maximum atomic E-state index is 5.69. The van der Waals surface area contributed by atoms with E-state index in [0.29, 0.717) is 11.9 Å². The van der Waals surface area contributed by atoms with Crippen LogP contribution in [0.1, 0.15) is 19.3 Å². The van der Waals surface area contributed by atoms with Crippen molar-refractivity contribution in [2.75, 3.05) is 29.6 Å². The van der Waals surface area contributed by atoms with E-state index in [1.165, 1.54) is 18.6 Å². The van der Waals surface area contributed by atoms with Crippen LogP contribution in [-0.4, -0.2) is 43.3 Å². The van der Waals surface area contributed by atoms with Crippen LogP contribution in [0.15, 0.2) is 18.5 Å². The number of anilines is 2. The van der Waals surface area contributed by atoms with Gasteiger partial charge in [-0.2, -0.15) is 31.8 Å². The normalized spacial score (nSPS) is 10.7. The highest BCUT2D eigenvalue weighted by atomic mass is 32.2. The molecule has 0 aliphatic heterocycles. The van der Waals surface area contributed by atoms with E-state index in [0.717, 1.165) is 13.0 Å². The van der Waals surface area contributed by atoms with Crippen LogP contribution < -0.4 is 11.1 Å². The van der Waals surface area contributed by atoms with Crippen molar-refractivity contribution < 1.29 is 0 Å². The minimum Gasteiger partial charge on any atom is -0.368 e. The number of hydrogen-bond acceptors (Lipinski definition) is 7. The molecule has 0 aliphatic rings. The molecule has 0 aromatic carbocycles. The SMILES string of the molecule is CSCCCCCNc1nc(N)nc(-n2cccn2)n1. The summed E-state index contributed by atoms with van der Waals surface area (Å²) in [6, 6.07) is 1.80. The van der Waals surface area contributed by atoms with Crippen LogP contribution >= 0.6 is 11.8 Å². The fourth-order valence-electron chi connectivity index (χ4n) is 1.70. The van der Waals surface area contributed by atoms with Crippen molar-refractivity contribution in [3.05, 3.63) is 18.5 Å². The number of aromatic nitrogens is 5. The van der Waals surface area contributed by atoms with Gasteiger partial charge in [-0.25, -0.2) is 4.68 Å². The van der Waals surface area contributed by atoms with Crippen molar-refractivity contribution in [3.63, 3.8) is 0 Å². The second kappa shape index (κ2) is 7.68. The van der Waals surface area contributed by atoms with E-state index in [2.05, 4.69) is 31.6 Å². The lowest BCUT2D eigenvalue weighted by Gasteiger charge is -2.07. The number of hydrogen-bond donors (Lipinski definition) is 2. The molecular formula is C12H19N7S. The van der Waals surface area contributed by atoms with E-state index in [-0.39, 0.29) is 5.95 Å². The van der Waals surface area contributed by atoms with Gasteiger partial charge < -0.3 is 11.1 Å². The molecule has 0 saturated heterocycles. The Bertz CT molecular complexity index is 515. The van der Waals surface area contributed by atoms with Gasteiger partial charge in [0, 0.05) is 18.9 Å². The first-order chi connectivity index (χ1) is 9.79. The van der Waals surface area contributed by atoms with Crippen LogP contribution in [0.5, 0.6) is 0 Å². The summed E-state index contributed by atoms with van der Waals surface area (Å²) in [5.41, 5.74) is 5.69. The molecule has 2 heterocycles. The van der Waals surface area contributed by atoms with Crippen LogP contribution in [0.2, 0.25) is 0 Å². The second-order valence-corrected chi connectivity index (χ2v) is 5.23.